The van der Waals surface area contributed by atoms with Crippen LogP contribution >= 0.6 is 0 Å². The second-order valence-corrected chi connectivity index (χ2v) is 8.53. The summed E-state index contributed by atoms with van der Waals surface area (Å²) in [5.41, 5.74) is 2.75. The molecular weight excluding hydrogens is 394 g/mol. The van der Waals surface area contributed by atoms with E-state index in [1.165, 1.54) is 23.8 Å². The Labute approximate surface area is 179 Å². The number of pyridine rings is 1. The molecule has 0 bridgehead atoms. The fourth-order valence-electron chi connectivity index (χ4n) is 4.89. The Kier molecular flexibility index (Phi) is 5.22. The van der Waals surface area contributed by atoms with Crippen LogP contribution in [0.1, 0.15) is 55.8 Å². The third-order valence-corrected chi connectivity index (χ3v) is 6.69. The van der Waals surface area contributed by atoms with E-state index in [1.54, 1.807) is 18.2 Å². The van der Waals surface area contributed by atoms with E-state index in [4.69, 9.17) is 0 Å². The lowest BCUT2D eigenvalue weighted by Gasteiger charge is -2.32. The molecule has 1 N–H and O–H groups in total. The van der Waals surface area contributed by atoms with Gasteiger partial charge in [-0.15, -0.1) is 10.2 Å². The first-order valence-electron chi connectivity index (χ1n) is 10.8. The number of nitrogens with one attached hydrogen (secondary N) is 1. The fourth-order valence-corrected chi connectivity index (χ4v) is 4.89. The number of fused-ring (bicyclic) bond motifs is 1. The van der Waals surface area contributed by atoms with Gasteiger partial charge in [-0.1, -0.05) is 19.1 Å². The van der Waals surface area contributed by atoms with Crippen molar-refractivity contribution >= 4 is 10.9 Å². The maximum atomic E-state index is 13.8. The minimum atomic E-state index is -0.287. The molecule has 1 unspecified atom stereocenters. The van der Waals surface area contributed by atoms with Crippen LogP contribution in [0.2, 0.25) is 0 Å². The molecule has 158 valence electrons. The zero-order valence-corrected chi connectivity index (χ0v) is 17.4. The molecule has 1 aliphatic rings. The lowest BCUT2D eigenvalue weighted by Crippen LogP contribution is -2.19. The van der Waals surface area contributed by atoms with Crippen molar-refractivity contribution in [2.45, 2.75) is 44.4 Å². The van der Waals surface area contributed by atoms with Crippen molar-refractivity contribution in [1.82, 2.24) is 20.2 Å². The Morgan fingerprint density at radius 1 is 0.935 bits per heavy atom. The molecule has 0 saturated heterocycles. The van der Waals surface area contributed by atoms with Crippen molar-refractivity contribution in [3.05, 3.63) is 77.8 Å². The molecule has 4 aromatic rings. The highest BCUT2D eigenvalue weighted by Gasteiger charge is 2.29. The first-order valence-corrected chi connectivity index (χ1v) is 10.8. The first kappa shape index (κ1) is 19.8. The van der Waals surface area contributed by atoms with Crippen molar-refractivity contribution in [3.63, 3.8) is 0 Å². The van der Waals surface area contributed by atoms with Gasteiger partial charge in [0.1, 0.15) is 17.5 Å². The van der Waals surface area contributed by atoms with Crippen LogP contribution in [0, 0.1) is 17.6 Å². The Morgan fingerprint density at radius 2 is 1.74 bits per heavy atom. The summed E-state index contributed by atoms with van der Waals surface area (Å²) < 4.78 is 27.3. The van der Waals surface area contributed by atoms with Crippen molar-refractivity contribution in [2.75, 3.05) is 0 Å². The van der Waals surface area contributed by atoms with E-state index < -0.39 is 0 Å². The number of halogens is 2. The minimum Gasteiger partial charge on any atom is -0.325 e. The Hall–Kier alpha value is -3.15. The number of aromatic nitrogens is 4. The number of aromatic amines is 1. The molecule has 6 heteroatoms. The molecule has 1 fully saturated rings. The fraction of sp³-hybridized carbons (Fsp3) is 0.320. The summed E-state index contributed by atoms with van der Waals surface area (Å²) in [5.74, 6) is 2.08. The summed E-state index contributed by atoms with van der Waals surface area (Å²) in [4.78, 5) is 7.67. The minimum absolute atomic E-state index is 0.219. The van der Waals surface area contributed by atoms with E-state index >= 15 is 0 Å². The summed E-state index contributed by atoms with van der Waals surface area (Å²) in [7, 11) is 0. The number of rotatable bonds is 4. The van der Waals surface area contributed by atoms with Crippen molar-refractivity contribution in [2.24, 2.45) is 5.92 Å². The Bertz CT molecular complexity index is 1210. The standard InChI is InChI=1S/C25H24F2N4/c1-15(24-29-25(31-30-24)18-3-2-4-19(26)13-18)16-5-7-17(8-6-16)21-11-12-28-23-10-9-20(27)14-22(21)23/h2-4,9-17H,5-8H2,1H3,(H,29,30,31)/t15?,16-,17+. The second-order valence-electron chi connectivity index (χ2n) is 8.53. The van der Waals surface area contributed by atoms with Crippen LogP contribution in [0.3, 0.4) is 0 Å². The zero-order chi connectivity index (χ0) is 21.4. The molecule has 2 heterocycles. The number of H-pyrrole nitrogens is 1. The SMILES string of the molecule is CC(c1nnc(-c2cccc(F)c2)[nH]1)[C@H]1CC[C@@H](c2ccnc3ccc(F)cc32)CC1. The van der Waals surface area contributed by atoms with Crippen molar-refractivity contribution in [1.29, 1.82) is 0 Å². The third kappa shape index (κ3) is 3.94. The van der Waals surface area contributed by atoms with Crippen molar-refractivity contribution in [3.8, 4) is 11.4 Å². The molecule has 4 nitrogen and oxygen atoms in total. The maximum absolute atomic E-state index is 13.8. The largest absolute Gasteiger partial charge is 0.325 e. The average Bonchev–Trinajstić information content (AvgIpc) is 3.29. The summed E-state index contributed by atoms with van der Waals surface area (Å²) >= 11 is 0. The van der Waals surface area contributed by atoms with Gasteiger partial charge in [-0.05, 0) is 79.5 Å². The van der Waals surface area contributed by atoms with Crippen LogP contribution in [0.5, 0.6) is 0 Å². The van der Waals surface area contributed by atoms with Gasteiger partial charge in [0.05, 0.1) is 5.52 Å². The van der Waals surface area contributed by atoms with Gasteiger partial charge in [0, 0.05) is 23.1 Å². The van der Waals surface area contributed by atoms with Crippen LogP contribution in [0.15, 0.2) is 54.7 Å². The molecule has 0 radical (unpaired) electrons. The monoisotopic (exact) mass is 418 g/mol. The summed E-state index contributed by atoms with van der Waals surface area (Å²) in [5, 5.41) is 9.51. The van der Waals surface area contributed by atoms with Crippen LogP contribution < -0.4 is 0 Å². The maximum Gasteiger partial charge on any atom is 0.161 e. The Balaban J connectivity index is 1.30. The van der Waals surface area contributed by atoms with Gasteiger partial charge in [0.15, 0.2) is 5.82 Å². The van der Waals surface area contributed by atoms with Crippen molar-refractivity contribution < 1.29 is 8.78 Å². The molecule has 0 amide bonds. The van der Waals surface area contributed by atoms with Gasteiger partial charge in [-0.2, -0.15) is 0 Å². The quantitative estimate of drug-likeness (QED) is 0.419. The molecule has 2 aromatic carbocycles. The van der Waals surface area contributed by atoms with Gasteiger partial charge in [0.2, 0.25) is 0 Å². The Morgan fingerprint density at radius 3 is 2.55 bits per heavy atom. The molecule has 0 aliphatic heterocycles. The van der Waals surface area contributed by atoms with Gasteiger partial charge < -0.3 is 4.98 Å². The molecule has 2 aromatic heterocycles. The highest BCUT2D eigenvalue weighted by Crippen LogP contribution is 2.42. The van der Waals surface area contributed by atoms with E-state index in [0.717, 1.165) is 42.4 Å². The zero-order valence-electron chi connectivity index (χ0n) is 17.4. The smallest absolute Gasteiger partial charge is 0.161 e. The second kappa shape index (κ2) is 8.17. The molecular formula is C25H24F2N4. The first-order chi connectivity index (χ1) is 15.1. The molecule has 5 rings (SSSR count). The van der Waals surface area contributed by atoms with Crippen LogP contribution in [0.4, 0.5) is 8.78 Å². The highest BCUT2D eigenvalue weighted by molar-refractivity contribution is 5.82. The summed E-state index contributed by atoms with van der Waals surface area (Å²) in [6.45, 7) is 2.18. The molecule has 1 atom stereocenters. The molecule has 31 heavy (non-hydrogen) atoms. The molecule has 0 spiro atoms. The third-order valence-electron chi connectivity index (χ3n) is 6.69. The summed E-state index contributed by atoms with van der Waals surface area (Å²) in [6, 6.07) is 13.2. The molecule has 1 saturated carbocycles. The van der Waals surface area contributed by atoms with E-state index in [0.29, 0.717) is 23.2 Å². The summed E-state index contributed by atoms with van der Waals surface area (Å²) in [6.07, 6.45) is 6.07. The highest BCUT2D eigenvalue weighted by atomic mass is 19.1. The lowest BCUT2D eigenvalue weighted by molar-refractivity contribution is 0.286. The number of hydrogen-bond donors (Lipinski definition) is 1. The average molecular weight is 418 g/mol. The number of benzene rings is 2. The van der Waals surface area contributed by atoms with E-state index in [-0.39, 0.29) is 17.6 Å². The number of nitrogens with zero attached hydrogens (tertiary/aromatic N) is 3. The van der Waals surface area contributed by atoms with Gasteiger partial charge in [-0.25, -0.2) is 8.78 Å². The predicted molar refractivity (Wildman–Crippen MR) is 117 cm³/mol. The van der Waals surface area contributed by atoms with E-state index in [1.807, 2.05) is 18.3 Å². The topological polar surface area (TPSA) is 54.5 Å². The van der Waals surface area contributed by atoms with Crippen LogP contribution in [0.25, 0.3) is 22.3 Å². The van der Waals surface area contributed by atoms with Crippen LogP contribution in [-0.4, -0.2) is 20.2 Å². The molecule has 1 aliphatic carbocycles. The number of hydrogen-bond acceptors (Lipinski definition) is 3. The van der Waals surface area contributed by atoms with Gasteiger partial charge in [0.25, 0.3) is 0 Å². The predicted octanol–water partition coefficient (Wildman–Crippen LogP) is 6.38. The van der Waals surface area contributed by atoms with Gasteiger partial charge in [-0.3, -0.25) is 4.98 Å². The normalized spacial score (nSPS) is 20.1. The van der Waals surface area contributed by atoms with E-state index in [2.05, 4.69) is 27.1 Å². The van der Waals surface area contributed by atoms with Gasteiger partial charge >= 0.3 is 0 Å². The van der Waals surface area contributed by atoms with Crippen LogP contribution in [-0.2, 0) is 0 Å². The van der Waals surface area contributed by atoms with E-state index in [9.17, 15) is 8.78 Å². The lowest BCUT2D eigenvalue weighted by atomic mass is 9.73.